The molecule has 0 unspecified atom stereocenters. The SMILES string of the molecule is CC(C)(C)[Si](C)(C)OCC#CCSc1cc2ccccc2[nH]1. The normalized spacial score (nSPS) is 12.2. The van der Waals surface area contributed by atoms with E-state index in [4.69, 9.17) is 4.43 Å². The predicted octanol–water partition coefficient (Wildman–Crippen LogP) is 5.29. The van der Waals surface area contributed by atoms with Crippen molar-refractivity contribution >= 4 is 31.0 Å². The van der Waals surface area contributed by atoms with Crippen molar-refractivity contribution in [2.45, 2.75) is 43.9 Å². The molecule has 1 aromatic carbocycles. The fraction of sp³-hybridized carbons (Fsp3) is 0.444. The van der Waals surface area contributed by atoms with E-state index in [0.717, 1.165) is 5.75 Å². The van der Waals surface area contributed by atoms with Crippen LogP contribution in [0.15, 0.2) is 35.4 Å². The molecule has 1 aromatic heterocycles. The Morgan fingerprint density at radius 3 is 2.59 bits per heavy atom. The van der Waals surface area contributed by atoms with Gasteiger partial charge in [0.2, 0.25) is 0 Å². The average molecular weight is 332 g/mol. The van der Waals surface area contributed by atoms with Crippen LogP contribution in [0, 0.1) is 11.8 Å². The Balaban J connectivity index is 1.80. The molecule has 0 saturated carbocycles. The number of aromatic nitrogens is 1. The summed E-state index contributed by atoms with van der Waals surface area (Å²) >= 11 is 1.74. The van der Waals surface area contributed by atoms with E-state index in [9.17, 15) is 0 Å². The van der Waals surface area contributed by atoms with Crippen LogP contribution in [0.25, 0.3) is 10.9 Å². The van der Waals surface area contributed by atoms with Gasteiger partial charge in [0.15, 0.2) is 8.32 Å². The maximum absolute atomic E-state index is 6.04. The quantitative estimate of drug-likeness (QED) is 0.468. The van der Waals surface area contributed by atoms with E-state index in [1.54, 1.807) is 11.8 Å². The molecule has 0 fully saturated rings. The molecule has 0 saturated heterocycles. The summed E-state index contributed by atoms with van der Waals surface area (Å²) in [6, 6.07) is 10.5. The molecule has 1 N–H and O–H groups in total. The standard InChI is InChI=1S/C18H25NOSSi/c1-18(2,3)22(4,5)20-12-8-9-13-21-17-14-15-10-6-7-11-16(15)19-17/h6-7,10-11,14,19H,12-13H2,1-5H3. The molecule has 0 aliphatic carbocycles. The third-order valence-corrected chi connectivity index (χ3v) is 9.54. The first kappa shape index (κ1) is 17.2. The molecule has 0 atom stereocenters. The van der Waals surface area contributed by atoms with Crippen LogP contribution in [0.5, 0.6) is 0 Å². The van der Waals surface area contributed by atoms with E-state index in [1.165, 1.54) is 15.9 Å². The minimum absolute atomic E-state index is 0.244. The van der Waals surface area contributed by atoms with Crippen LogP contribution >= 0.6 is 11.8 Å². The monoisotopic (exact) mass is 331 g/mol. The van der Waals surface area contributed by atoms with Crippen LogP contribution in [0.2, 0.25) is 18.1 Å². The lowest BCUT2D eigenvalue weighted by Crippen LogP contribution is -2.40. The first-order valence-electron chi connectivity index (χ1n) is 7.60. The summed E-state index contributed by atoms with van der Waals surface area (Å²) in [4.78, 5) is 3.40. The summed E-state index contributed by atoms with van der Waals surface area (Å²) in [6.07, 6.45) is 0. The lowest BCUT2D eigenvalue weighted by molar-refractivity contribution is 0.334. The Hall–Kier alpha value is -1.15. The number of para-hydroxylation sites is 1. The van der Waals surface area contributed by atoms with Crippen molar-refractivity contribution in [1.29, 1.82) is 0 Å². The molecular weight excluding hydrogens is 306 g/mol. The van der Waals surface area contributed by atoms with Gasteiger partial charge in [0.25, 0.3) is 0 Å². The molecule has 1 heterocycles. The second-order valence-corrected chi connectivity index (χ2v) is 12.7. The number of nitrogens with one attached hydrogen (secondary N) is 1. The van der Waals surface area contributed by atoms with Crippen LogP contribution in [-0.2, 0) is 4.43 Å². The van der Waals surface area contributed by atoms with Crippen LogP contribution < -0.4 is 0 Å². The zero-order valence-electron chi connectivity index (χ0n) is 14.1. The van der Waals surface area contributed by atoms with Crippen molar-refractivity contribution in [2.24, 2.45) is 0 Å². The molecule has 0 radical (unpaired) electrons. The number of benzene rings is 1. The van der Waals surface area contributed by atoms with Crippen molar-refractivity contribution in [1.82, 2.24) is 4.98 Å². The molecule has 0 spiro atoms. The third kappa shape index (κ3) is 4.42. The summed E-state index contributed by atoms with van der Waals surface area (Å²) in [5.74, 6) is 7.12. The molecular formula is C18H25NOSSi. The molecule has 22 heavy (non-hydrogen) atoms. The first-order valence-corrected chi connectivity index (χ1v) is 11.5. The van der Waals surface area contributed by atoms with Crippen molar-refractivity contribution in [3.05, 3.63) is 30.3 Å². The zero-order chi connectivity index (χ0) is 16.2. The highest BCUT2D eigenvalue weighted by Gasteiger charge is 2.36. The molecule has 0 bridgehead atoms. The van der Waals surface area contributed by atoms with Crippen molar-refractivity contribution in [3.63, 3.8) is 0 Å². The number of aromatic amines is 1. The molecule has 2 aromatic rings. The molecule has 2 nitrogen and oxygen atoms in total. The largest absolute Gasteiger partial charge is 0.406 e. The second-order valence-electron chi connectivity index (χ2n) is 6.91. The minimum Gasteiger partial charge on any atom is -0.406 e. The van der Waals surface area contributed by atoms with Gasteiger partial charge in [-0.25, -0.2) is 0 Å². The van der Waals surface area contributed by atoms with Gasteiger partial charge in [-0.3, -0.25) is 0 Å². The number of rotatable bonds is 4. The Kier molecular flexibility index (Phi) is 5.44. The van der Waals surface area contributed by atoms with E-state index < -0.39 is 8.32 Å². The Morgan fingerprint density at radius 1 is 1.18 bits per heavy atom. The van der Waals surface area contributed by atoms with Crippen molar-refractivity contribution in [2.75, 3.05) is 12.4 Å². The van der Waals surface area contributed by atoms with Gasteiger partial charge >= 0.3 is 0 Å². The summed E-state index contributed by atoms with van der Waals surface area (Å²) < 4.78 is 6.04. The molecule has 118 valence electrons. The van der Waals surface area contributed by atoms with Crippen molar-refractivity contribution in [3.8, 4) is 11.8 Å². The molecule has 0 aliphatic heterocycles. The predicted molar refractivity (Wildman–Crippen MR) is 99.9 cm³/mol. The van der Waals surface area contributed by atoms with Gasteiger partial charge in [-0.2, -0.15) is 0 Å². The lowest BCUT2D eigenvalue weighted by atomic mass is 10.2. The van der Waals surface area contributed by atoms with Gasteiger partial charge in [-0.1, -0.05) is 62.6 Å². The van der Waals surface area contributed by atoms with Crippen LogP contribution in [0.1, 0.15) is 20.8 Å². The summed E-state index contributed by atoms with van der Waals surface area (Å²) in [6.45, 7) is 11.8. The van der Waals surface area contributed by atoms with E-state index >= 15 is 0 Å². The van der Waals surface area contributed by atoms with Crippen LogP contribution in [-0.4, -0.2) is 25.7 Å². The van der Waals surface area contributed by atoms with Crippen LogP contribution in [0.4, 0.5) is 0 Å². The van der Waals surface area contributed by atoms with Crippen LogP contribution in [0.3, 0.4) is 0 Å². The summed E-state index contributed by atoms with van der Waals surface area (Å²) in [5, 5.41) is 2.66. The first-order chi connectivity index (χ1) is 10.3. The Labute approximate surface area is 139 Å². The van der Waals surface area contributed by atoms with Gasteiger partial charge in [-0.15, -0.1) is 0 Å². The molecule has 4 heteroatoms. The zero-order valence-corrected chi connectivity index (χ0v) is 15.9. The molecule has 0 amide bonds. The maximum atomic E-state index is 6.04. The van der Waals surface area contributed by atoms with E-state index in [2.05, 4.69) is 75.0 Å². The van der Waals surface area contributed by atoms with E-state index in [0.29, 0.717) is 6.61 Å². The van der Waals surface area contributed by atoms with Gasteiger partial charge < -0.3 is 9.41 Å². The average Bonchev–Trinajstić information content (AvgIpc) is 2.84. The fourth-order valence-corrected chi connectivity index (χ4v) is 3.36. The number of hydrogen-bond acceptors (Lipinski definition) is 2. The summed E-state index contributed by atoms with van der Waals surface area (Å²) in [7, 11) is -1.67. The number of fused-ring (bicyclic) bond motifs is 1. The van der Waals surface area contributed by atoms with Gasteiger partial charge in [0.05, 0.1) is 17.4 Å². The highest BCUT2D eigenvalue weighted by atomic mass is 32.2. The fourth-order valence-electron chi connectivity index (χ4n) is 1.77. The number of hydrogen-bond donors (Lipinski definition) is 1. The molecule has 0 aliphatic rings. The third-order valence-electron chi connectivity index (χ3n) is 4.24. The lowest BCUT2D eigenvalue weighted by Gasteiger charge is -2.35. The number of H-pyrrole nitrogens is 1. The van der Waals surface area contributed by atoms with E-state index in [-0.39, 0.29) is 5.04 Å². The highest BCUT2D eigenvalue weighted by Crippen LogP contribution is 2.36. The smallest absolute Gasteiger partial charge is 0.193 e. The van der Waals surface area contributed by atoms with Crippen molar-refractivity contribution < 1.29 is 4.43 Å². The molecule has 2 rings (SSSR count). The van der Waals surface area contributed by atoms with Gasteiger partial charge in [0, 0.05) is 10.9 Å². The Morgan fingerprint density at radius 2 is 1.91 bits per heavy atom. The summed E-state index contributed by atoms with van der Waals surface area (Å²) in [5.41, 5.74) is 1.18. The second kappa shape index (κ2) is 6.95. The number of thioether (sulfide) groups is 1. The maximum Gasteiger partial charge on any atom is 0.193 e. The van der Waals surface area contributed by atoms with Gasteiger partial charge in [-0.05, 0) is 30.3 Å². The Bertz CT molecular complexity index is 655. The van der Waals surface area contributed by atoms with E-state index in [1.807, 2.05) is 6.07 Å². The highest BCUT2D eigenvalue weighted by molar-refractivity contribution is 7.99. The van der Waals surface area contributed by atoms with Gasteiger partial charge in [0.1, 0.15) is 0 Å². The minimum atomic E-state index is -1.67. The topological polar surface area (TPSA) is 25.0 Å².